The molecule has 188 valence electrons. The van der Waals surface area contributed by atoms with Gasteiger partial charge in [-0.1, -0.05) is 11.8 Å². The molecule has 0 aliphatic rings. The molecule has 0 bridgehead atoms. The van der Waals surface area contributed by atoms with E-state index in [4.69, 9.17) is 18.6 Å². The van der Waals surface area contributed by atoms with Crippen LogP contribution in [0.2, 0.25) is 0 Å². The van der Waals surface area contributed by atoms with E-state index in [1.807, 2.05) is 25.1 Å². The standard InChI is InChI=1S/C26H27N3O7/c1-5-33-17-35-20-10-11-24-19(13-20)14-21(36-24)9-7-6-8-18-12-23(29(31)32)22(27-15-18)16-34-25(30)28-26(2,3)4/h7,9-15H,5,16-17H2,1-4H3,(H,28,30)/b9-7+. The number of nitrogens with one attached hydrogen (secondary N) is 1. The largest absolute Gasteiger partial charge is 0.468 e. The van der Waals surface area contributed by atoms with Gasteiger partial charge in [-0.3, -0.25) is 10.1 Å². The first-order chi connectivity index (χ1) is 17.1. The summed E-state index contributed by atoms with van der Waals surface area (Å²) in [5, 5.41) is 14.9. The van der Waals surface area contributed by atoms with Crippen LogP contribution in [0.1, 0.15) is 44.7 Å². The lowest BCUT2D eigenvalue weighted by molar-refractivity contribution is -0.386. The maximum atomic E-state index is 11.8. The van der Waals surface area contributed by atoms with Crippen molar-refractivity contribution in [3.63, 3.8) is 0 Å². The van der Waals surface area contributed by atoms with Gasteiger partial charge >= 0.3 is 6.09 Å². The van der Waals surface area contributed by atoms with Crippen LogP contribution in [0.4, 0.5) is 10.5 Å². The molecular weight excluding hydrogens is 466 g/mol. The van der Waals surface area contributed by atoms with Gasteiger partial charge in [-0.25, -0.2) is 9.78 Å². The topological polar surface area (TPSA) is 126 Å². The Labute approximate surface area is 208 Å². The van der Waals surface area contributed by atoms with Crippen LogP contribution in [0.15, 0.2) is 47.0 Å². The Morgan fingerprint density at radius 1 is 1.28 bits per heavy atom. The minimum absolute atomic E-state index is 0.0250. The van der Waals surface area contributed by atoms with E-state index in [1.54, 1.807) is 39.0 Å². The van der Waals surface area contributed by atoms with Crippen molar-refractivity contribution in [2.24, 2.45) is 0 Å². The molecule has 10 nitrogen and oxygen atoms in total. The predicted octanol–water partition coefficient (Wildman–Crippen LogP) is 5.20. The summed E-state index contributed by atoms with van der Waals surface area (Å²) in [4.78, 5) is 26.8. The molecule has 0 radical (unpaired) electrons. The number of nitro groups is 1. The van der Waals surface area contributed by atoms with E-state index in [9.17, 15) is 14.9 Å². The monoisotopic (exact) mass is 493 g/mol. The first kappa shape index (κ1) is 26.2. The summed E-state index contributed by atoms with van der Waals surface area (Å²) < 4.78 is 21.5. The molecule has 3 aromatic rings. The van der Waals surface area contributed by atoms with Gasteiger partial charge in [0.1, 0.15) is 23.7 Å². The molecule has 0 saturated carbocycles. The molecule has 3 rings (SSSR count). The van der Waals surface area contributed by atoms with E-state index >= 15 is 0 Å². The second kappa shape index (κ2) is 11.9. The Morgan fingerprint density at radius 2 is 2.08 bits per heavy atom. The maximum absolute atomic E-state index is 11.8. The molecule has 1 N–H and O–H groups in total. The van der Waals surface area contributed by atoms with Crippen LogP contribution in [0, 0.1) is 22.0 Å². The van der Waals surface area contributed by atoms with Crippen molar-refractivity contribution in [3.05, 3.63) is 69.7 Å². The fraction of sp³-hybridized carbons (Fsp3) is 0.308. The van der Waals surface area contributed by atoms with Gasteiger partial charge in [-0.2, -0.15) is 0 Å². The SMILES string of the molecule is CCOCOc1ccc2oc(/C=C/C#Cc3cnc(COC(=O)NC(C)(C)C)c([N+](=O)[O-])c3)cc2c1. The number of carbonyl (C=O) groups is 1. The number of hydrogen-bond acceptors (Lipinski definition) is 8. The van der Waals surface area contributed by atoms with Crippen LogP contribution in [0.5, 0.6) is 5.75 Å². The number of amides is 1. The fourth-order valence-corrected chi connectivity index (χ4v) is 2.95. The number of pyridine rings is 1. The molecule has 0 fully saturated rings. The molecule has 1 aromatic carbocycles. The quantitative estimate of drug-likeness (QED) is 0.149. The zero-order valence-electron chi connectivity index (χ0n) is 20.5. The molecule has 1 amide bonds. The third-order valence-corrected chi connectivity index (χ3v) is 4.53. The summed E-state index contributed by atoms with van der Waals surface area (Å²) in [5.41, 5.74) is 0.286. The van der Waals surface area contributed by atoms with Crippen LogP contribution < -0.4 is 10.1 Å². The Morgan fingerprint density at radius 3 is 2.81 bits per heavy atom. The van der Waals surface area contributed by atoms with Crippen LogP contribution in [-0.2, 0) is 16.1 Å². The summed E-state index contributed by atoms with van der Waals surface area (Å²) in [7, 11) is 0. The van der Waals surface area contributed by atoms with Gasteiger partial charge < -0.3 is 23.9 Å². The summed E-state index contributed by atoms with van der Waals surface area (Å²) >= 11 is 0. The van der Waals surface area contributed by atoms with E-state index in [-0.39, 0.29) is 24.8 Å². The van der Waals surface area contributed by atoms with Gasteiger partial charge in [-0.15, -0.1) is 0 Å². The second-order valence-corrected chi connectivity index (χ2v) is 8.60. The second-order valence-electron chi connectivity index (χ2n) is 8.60. The number of fused-ring (bicyclic) bond motifs is 1. The third kappa shape index (κ3) is 7.85. The number of benzene rings is 1. The lowest BCUT2D eigenvalue weighted by atomic mass is 10.1. The number of nitrogens with zero attached hydrogens (tertiary/aromatic N) is 2. The number of ether oxygens (including phenoxy) is 3. The van der Waals surface area contributed by atoms with Crippen molar-refractivity contribution in [2.45, 2.75) is 39.8 Å². The van der Waals surface area contributed by atoms with Crippen LogP contribution in [0.3, 0.4) is 0 Å². The van der Waals surface area contributed by atoms with Gasteiger partial charge in [0.15, 0.2) is 12.5 Å². The molecule has 10 heteroatoms. The molecule has 0 spiro atoms. The van der Waals surface area contributed by atoms with Crippen molar-refractivity contribution in [2.75, 3.05) is 13.4 Å². The summed E-state index contributed by atoms with van der Waals surface area (Å²) in [5.74, 6) is 6.88. The number of alkyl carbamates (subject to hydrolysis) is 1. The first-order valence-electron chi connectivity index (χ1n) is 11.1. The highest BCUT2D eigenvalue weighted by atomic mass is 16.7. The van der Waals surface area contributed by atoms with E-state index in [0.717, 1.165) is 5.39 Å². The van der Waals surface area contributed by atoms with Crippen molar-refractivity contribution in [3.8, 4) is 17.6 Å². The molecule has 2 aromatic heterocycles. The highest BCUT2D eigenvalue weighted by Gasteiger charge is 2.19. The number of rotatable bonds is 8. The maximum Gasteiger partial charge on any atom is 0.407 e. The van der Waals surface area contributed by atoms with Crippen LogP contribution in [-0.4, -0.2) is 34.9 Å². The number of carbonyl (C=O) groups excluding carboxylic acids is 1. The molecule has 0 aliphatic heterocycles. The van der Waals surface area contributed by atoms with Gasteiger partial charge in [-0.05, 0) is 64.1 Å². The molecule has 0 unspecified atom stereocenters. The average molecular weight is 494 g/mol. The van der Waals surface area contributed by atoms with Gasteiger partial charge in [0.25, 0.3) is 5.69 Å². The van der Waals surface area contributed by atoms with Crippen LogP contribution in [0.25, 0.3) is 17.0 Å². The van der Waals surface area contributed by atoms with Crippen molar-refractivity contribution < 1.29 is 28.3 Å². The van der Waals surface area contributed by atoms with E-state index in [1.165, 1.54) is 12.3 Å². The average Bonchev–Trinajstić information content (AvgIpc) is 3.22. The lowest BCUT2D eigenvalue weighted by Gasteiger charge is -2.19. The van der Waals surface area contributed by atoms with Gasteiger partial charge in [0.2, 0.25) is 0 Å². The number of aromatic nitrogens is 1. The highest BCUT2D eigenvalue weighted by Crippen LogP contribution is 2.25. The Balaban J connectivity index is 1.66. The minimum atomic E-state index is -0.688. The molecule has 0 atom stereocenters. The molecular formula is C26H27N3O7. The summed E-state index contributed by atoms with van der Waals surface area (Å²) in [6.45, 7) is 7.68. The highest BCUT2D eigenvalue weighted by molar-refractivity contribution is 5.81. The van der Waals surface area contributed by atoms with E-state index in [2.05, 4.69) is 22.1 Å². The van der Waals surface area contributed by atoms with Crippen LogP contribution >= 0.6 is 0 Å². The molecule has 0 saturated heterocycles. The summed E-state index contributed by atoms with van der Waals surface area (Å²) in [6, 6.07) is 8.59. The van der Waals surface area contributed by atoms with Crippen molar-refractivity contribution >= 4 is 28.8 Å². The summed E-state index contributed by atoms with van der Waals surface area (Å²) in [6.07, 6.45) is 3.96. The molecule has 36 heavy (non-hydrogen) atoms. The smallest absolute Gasteiger partial charge is 0.407 e. The zero-order valence-corrected chi connectivity index (χ0v) is 20.5. The van der Waals surface area contributed by atoms with Gasteiger partial charge in [0, 0.05) is 29.8 Å². The van der Waals surface area contributed by atoms with Crippen molar-refractivity contribution in [1.29, 1.82) is 0 Å². The number of hydrogen-bond donors (Lipinski definition) is 1. The fourth-order valence-electron chi connectivity index (χ4n) is 2.95. The van der Waals surface area contributed by atoms with Crippen molar-refractivity contribution in [1.82, 2.24) is 10.3 Å². The van der Waals surface area contributed by atoms with Gasteiger partial charge in [0.05, 0.1) is 10.5 Å². The molecule has 0 aliphatic carbocycles. The molecule has 2 heterocycles. The zero-order chi connectivity index (χ0) is 26.1. The predicted molar refractivity (Wildman–Crippen MR) is 133 cm³/mol. The number of furan rings is 1. The number of allylic oxidation sites excluding steroid dienone is 1. The normalized spacial score (nSPS) is 11.2. The lowest BCUT2D eigenvalue weighted by Crippen LogP contribution is -2.40. The Kier molecular flexibility index (Phi) is 8.65. The third-order valence-electron chi connectivity index (χ3n) is 4.53. The van der Waals surface area contributed by atoms with E-state index in [0.29, 0.717) is 29.3 Å². The van der Waals surface area contributed by atoms with E-state index < -0.39 is 16.6 Å². The Bertz CT molecular complexity index is 1330. The first-order valence-corrected chi connectivity index (χ1v) is 11.1. The Hall–Kier alpha value is -4.36. The minimum Gasteiger partial charge on any atom is -0.468 e.